The fourth-order valence-corrected chi connectivity index (χ4v) is 1.44. The molecule has 0 aliphatic heterocycles. The van der Waals surface area contributed by atoms with Gasteiger partial charge in [0.2, 0.25) is 0 Å². The van der Waals surface area contributed by atoms with Crippen molar-refractivity contribution in [3.63, 3.8) is 0 Å². The Morgan fingerprint density at radius 3 is 2.60 bits per heavy atom. The highest BCUT2D eigenvalue weighted by atomic mass is 32.1. The Morgan fingerprint density at radius 1 is 1.33 bits per heavy atom. The number of rotatable bonds is 6. The largest absolute Gasteiger partial charge is 0.176 e. The molecule has 0 nitrogen and oxygen atoms in total. The molecular formula is C14H24S. The lowest BCUT2D eigenvalue weighted by atomic mass is 10.0. The molecule has 0 saturated carbocycles. The van der Waals surface area contributed by atoms with Gasteiger partial charge in [-0.25, -0.2) is 0 Å². The van der Waals surface area contributed by atoms with Crippen molar-refractivity contribution < 1.29 is 0 Å². The van der Waals surface area contributed by atoms with Crippen molar-refractivity contribution in [1.29, 1.82) is 0 Å². The standard InChI is InChI=1S/C14H24S/c1-4-6-11-14(5-2)12-9-7-8-10-13(3)15/h7-8,13-15H,4-6,10-11H2,1-3H3/b8-7+. The molecule has 0 radical (unpaired) electrons. The highest BCUT2D eigenvalue weighted by Gasteiger charge is 1.99. The van der Waals surface area contributed by atoms with Crippen LogP contribution in [0.4, 0.5) is 0 Å². The number of thiol groups is 1. The lowest BCUT2D eigenvalue weighted by Gasteiger charge is -2.04. The van der Waals surface area contributed by atoms with E-state index in [-0.39, 0.29) is 0 Å². The van der Waals surface area contributed by atoms with E-state index in [4.69, 9.17) is 0 Å². The van der Waals surface area contributed by atoms with Gasteiger partial charge in [-0.2, -0.15) is 12.6 Å². The molecule has 86 valence electrons. The first-order chi connectivity index (χ1) is 7.20. The van der Waals surface area contributed by atoms with Crippen LogP contribution in [0.2, 0.25) is 0 Å². The molecule has 0 heterocycles. The van der Waals surface area contributed by atoms with E-state index in [2.05, 4.69) is 51.3 Å². The molecule has 0 rings (SSSR count). The molecule has 0 spiro atoms. The van der Waals surface area contributed by atoms with E-state index in [1.54, 1.807) is 0 Å². The molecule has 15 heavy (non-hydrogen) atoms. The number of hydrogen-bond donors (Lipinski definition) is 1. The predicted molar refractivity (Wildman–Crippen MR) is 73.3 cm³/mol. The zero-order valence-electron chi connectivity index (χ0n) is 10.3. The summed E-state index contributed by atoms with van der Waals surface area (Å²) in [5, 5.41) is 0.435. The molecule has 0 aromatic carbocycles. The quantitative estimate of drug-likeness (QED) is 0.499. The first-order valence-corrected chi connectivity index (χ1v) is 6.56. The van der Waals surface area contributed by atoms with Gasteiger partial charge in [-0.1, -0.05) is 51.5 Å². The van der Waals surface area contributed by atoms with Crippen molar-refractivity contribution in [3.8, 4) is 11.8 Å². The molecule has 1 heteroatoms. The molecule has 2 atom stereocenters. The van der Waals surface area contributed by atoms with Gasteiger partial charge in [0.1, 0.15) is 0 Å². The molecule has 0 N–H and O–H groups in total. The SMILES string of the molecule is CCCCC(C#C/C=C/CC(C)S)CC. The van der Waals surface area contributed by atoms with Crippen molar-refractivity contribution in [2.45, 2.75) is 58.1 Å². The Kier molecular flexibility index (Phi) is 9.94. The van der Waals surface area contributed by atoms with Crippen molar-refractivity contribution in [2.75, 3.05) is 0 Å². The second-order valence-electron chi connectivity index (χ2n) is 4.02. The van der Waals surface area contributed by atoms with Crippen LogP contribution in [-0.2, 0) is 0 Å². The van der Waals surface area contributed by atoms with Gasteiger partial charge in [0.15, 0.2) is 0 Å². The summed E-state index contributed by atoms with van der Waals surface area (Å²) in [6, 6.07) is 0. The highest BCUT2D eigenvalue weighted by molar-refractivity contribution is 7.80. The first-order valence-electron chi connectivity index (χ1n) is 6.04. The molecule has 2 unspecified atom stereocenters. The molecular weight excluding hydrogens is 200 g/mol. The van der Waals surface area contributed by atoms with E-state index in [1.807, 2.05) is 6.08 Å². The minimum atomic E-state index is 0.435. The van der Waals surface area contributed by atoms with Crippen LogP contribution in [0.3, 0.4) is 0 Å². The first kappa shape index (κ1) is 14.6. The lowest BCUT2D eigenvalue weighted by Crippen LogP contribution is -1.94. The zero-order chi connectivity index (χ0) is 11.5. The maximum Gasteiger partial charge on any atom is 0.0203 e. The third-order valence-corrected chi connectivity index (χ3v) is 2.58. The van der Waals surface area contributed by atoms with Gasteiger partial charge in [0, 0.05) is 11.2 Å². The van der Waals surface area contributed by atoms with Gasteiger partial charge in [-0.3, -0.25) is 0 Å². The Morgan fingerprint density at radius 2 is 2.07 bits per heavy atom. The molecule has 0 bridgehead atoms. The van der Waals surface area contributed by atoms with Crippen LogP contribution in [0.1, 0.15) is 52.9 Å². The summed E-state index contributed by atoms with van der Waals surface area (Å²) in [7, 11) is 0. The van der Waals surface area contributed by atoms with E-state index in [0.717, 1.165) is 6.42 Å². The van der Waals surface area contributed by atoms with Crippen LogP contribution < -0.4 is 0 Å². The molecule has 0 aromatic rings. The Bertz CT molecular complexity index is 217. The second kappa shape index (κ2) is 10.2. The van der Waals surface area contributed by atoms with Crippen molar-refractivity contribution in [2.24, 2.45) is 5.92 Å². The third-order valence-electron chi connectivity index (χ3n) is 2.36. The minimum Gasteiger partial charge on any atom is -0.176 e. The molecule has 0 aliphatic rings. The van der Waals surface area contributed by atoms with E-state index < -0.39 is 0 Å². The average Bonchev–Trinajstić information content (AvgIpc) is 2.21. The van der Waals surface area contributed by atoms with Crippen LogP contribution >= 0.6 is 12.6 Å². The van der Waals surface area contributed by atoms with Crippen molar-refractivity contribution in [1.82, 2.24) is 0 Å². The van der Waals surface area contributed by atoms with Crippen LogP contribution in [-0.4, -0.2) is 5.25 Å². The summed E-state index contributed by atoms with van der Waals surface area (Å²) in [5.41, 5.74) is 0. The summed E-state index contributed by atoms with van der Waals surface area (Å²) >= 11 is 4.31. The van der Waals surface area contributed by atoms with Crippen LogP contribution in [0.15, 0.2) is 12.2 Å². The van der Waals surface area contributed by atoms with Gasteiger partial charge in [-0.15, -0.1) is 0 Å². The lowest BCUT2D eigenvalue weighted by molar-refractivity contribution is 0.556. The maximum absolute atomic E-state index is 4.31. The second-order valence-corrected chi connectivity index (χ2v) is 4.90. The Hall–Kier alpha value is -0.350. The minimum absolute atomic E-state index is 0.435. The fraction of sp³-hybridized carbons (Fsp3) is 0.714. The van der Waals surface area contributed by atoms with Gasteiger partial charge in [0.25, 0.3) is 0 Å². The Balaban J connectivity index is 3.84. The van der Waals surface area contributed by atoms with Gasteiger partial charge in [0.05, 0.1) is 0 Å². The van der Waals surface area contributed by atoms with Gasteiger partial charge < -0.3 is 0 Å². The van der Waals surface area contributed by atoms with Crippen LogP contribution in [0.5, 0.6) is 0 Å². The predicted octanol–water partition coefficient (Wildman–Crippen LogP) is 4.47. The molecule has 0 saturated heterocycles. The van der Waals surface area contributed by atoms with E-state index >= 15 is 0 Å². The smallest absolute Gasteiger partial charge is 0.0203 e. The molecule has 0 aliphatic carbocycles. The van der Waals surface area contributed by atoms with Crippen LogP contribution in [0.25, 0.3) is 0 Å². The highest BCUT2D eigenvalue weighted by Crippen LogP contribution is 2.10. The Labute approximate surface area is 101 Å². The van der Waals surface area contributed by atoms with E-state index in [1.165, 1.54) is 25.7 Å². The fourth-order valence-electron chi connectivity index (χ4n) is 1.32. The van der Waals surface area contributed by atoms with Gasteiger partial charge in [-0.05, 0) is 25.3 Å². The average molecular weight is 224 g/mol. The van der Waals surface area contributed by atoms with Crippen LogP contribution in [0, 0.1) is 17.8 Å². The maximum atomic E-state index is 4.31. The normalized spacial score (nSPS) is 14.7. The number of hydrogen-bond acceptors (Lipinski definition) is 1. The summed E-state index contributed by atoms with van der Waals surface area (Å²) < 4.78 is 0. The van der Waals surface area contributed by atoms with Crippen molar-refractivity contribution >= 4 is 12.6 Å². The topological polar surface area (TPSA) is 0 Å². The molecule has 0 amide bonds. The zero-order valence-corrected chi connectivity index (χ0v) is 11.2. The van der Waals surface area contributed by atoms with E-state index in [9.17, 15) is 0 Å². The summed E-state index contributed by atoms with van der Waals surface area (Å²) in [4.78, 5) is 0. The molecule has 0 aromatic heterocycles. The summed E-state index contributed by atoms with van der Waals surface area (Å²) in [6.07, 6.45) is 10.1. The monoisotopic (exact) mass is 224 g/mol. The summed E-state index contributed by atoms with van der Waals surface area (Å²) in [6.45, 7) is 6.54. The van der Waals surface area contributed by atoms with E-state index in [0.29, 0.717) is 11.2 Å². The molecule has 0 fully saturated rings. The summed E-state index contributed by atoms with van der Waals surface area (Å²) in [5.74, 6) is 7.04. The third kappa shape index (κ3) is 9.94. The number of allylic oxidation sites excluding steroid dienone is 2. The van der Waals surface area contributed by atoms with Gasteiger partial charge >= 0.3 is 0 Å². The number of unbranched alkanes of at least 4 members (excludes halogenated alkanes) is 1. The van der Waals surface area contributed by atoms with Crippen molar-refractivity contribution in [3.05, 3.63) is 12.2 Å².